The van der Waals surface area contributed by atoms with Crippen LogP contribution in [0.2, 0.25) is 0 Å². The molecule has 1 fully saturated rings. The van der Waals surface area contributed by atoms with E-state index >= 15 is 0 Å². The SMILES string of the molecule is C/C1=C/[C@H](O)C[C@]2(C)O[C@@H]2CC(C)(C)/C=C\C1=O. The predicted molar refractivity (Wildman–Crippen MR) is 70.2 cm³/mol. The first-order valence-corrected chi connectivity index (χ1v) is 6.50. The lowest BCUT2D eigenvalue weighted by Crippen LogP contribution is -2.21. The summed E-state index contributed by atoms with van der Waals surface area (Å²) in [7, 11) is 0. The average Bonchev–Trinajstić information content (AvgIpc) is 2.82. The molecule has 18 heavy (non-hydrogen) atoms. The summed E-state index contributed by atoms with van der Waals surface area (Å²) >= 11 is 0. The highest BCUT2D eigenvalue weighted by Gasteiger charge is 2.54. The fourth-order valence-corrected chi connectivity index (χ4v) is 2.55. The maximum atomic E-state index is 11.9. The standard InChI is InChI=1S/C15H22O3/c1-10-7-11(16)8-15(4)13(18-15)9-14(2,3)6-5-12(10)17/h5-7,11,13,16H,8-9H2,1-4H3/b6-5-,10-7-/t11-,13+,15-/m0/s1. The minimum atomic E-state index is -0.612. The van der Waals surface area contributed by atoms with Gasteiger partial charge in [0.1, 0.15) is 0 Å². The van der Waals surface area contributed by atoms with Crippen molar-refractivity contribution in [2.24, 2.45) is 5.41 Å². The maximum absolute atomic E-state index is 11.9. The summed E-state index contributed by atoms with van der Waals surface area (Å²) < 4.78 is 5.74. The Bertz CT molecular complexity index is 419. The molecular weight excluding hydrogens is 228 g/mol. The molecule has 0 aromatic heterocycles. The number of carbonyl (C=O) groups excluding carboxylic acids is 1. The lowest BCUT2D eigenvalue weighted by atomic mass is 9.83. The highest BCUT2D eigenvalue weighted by molar-refractivity contribution is 6.03. The van der Waals surface area contributed by atoms with Gasteiger partial charge >= 0.3 is 0 Å². The third kappa shape index (κ3) is 2.90. The first-order valence-electron chi connectivity index (χ1n) is 6.50. The van der Waals surface area contributed by atoms with Gasteiger partial charge in [-0.15, -0.1) is 0 Å². The third-order valence-electron chi connectivity index (χ3n) is 3.88. The summed E-state index contributed by atoms with van der Waals surface area (Å²) in [6.07, 6.45) is 6.19. The van der Waals surface area contributed by atoms with Gasteiger partial charge in [-0.2, -0.15) is 0 Å². The highest BCUT2D eigenvalue weighted by atomic mass is 16.6. The number of aliphatic hydroxyl groups is 1. The van der Waals surface area contributed by atoms with Crippen molar-refractivity contribution >= 4 is 5.78 Å². The second-order valence-corrected chi connectivity index (χ2v) is 6.43. The van der Waals surface area contributed by atoms with Gasteiger partial charge in [-0.3, -0.25) is 4.79 Å². The van der Waals surface area contributed by atoms with E-state index in [1.807, 2.05) is 13.0 Å². The molecular formula is C15H22O3. The largest absolute Gasteiger partial charge is 0.389 e. The second kappa shape index (κ2) is 4.32. The van der Waals surface area contributed by atoms with E-state index in [1.165, 1.54) is 0 Å². The van der Waals surface area contributed by atoms with Crippen molar-refractivity contribution < 1.29 is 14.6 Å². The van der Waals surface area contributed by atoms with Gasteiger partial charge in [0.05, 0.1) is 17.8 Å². The smallest absolute Gasteiger partial charge is 0.181 e. The Morgan fingerprint density at radius 2 is 2.00 bits per heavy atom. The van der Waals surface area contributed by atoms with Crippen LogP contribution < -0.4 is 0 Å². The van der Waals surface area contributed by atoms with Gasteiger partial charge in [-0.05, 0) is 43.4 Å². The van der Waals surface area contributed by atoms with Crippen LogP contribution in [0.5, 0.6) is 0 Å². The van der Waals surface area contributed by atoms with Crippen LogP contribution in [-0.4, -0.2) is 28.7 Å². The van der Waals surface area contributed by atoms with Gasteiger partial charge in [-0.1, -0.05) is 19.9 Å². The summed E-state index contributed by atoms with van der Waals surface area (Å²) in [5, 5.41) is 9.97. The molecule has 0 spiro atoms. The van der Waals surface area contributed by atoms with Crippen LogP contribution in [0.4, 0.5) is 0 Å². The number of epoxide rings is 1. The maximum Gasteiger partial charge on any atom is 0.181 e. The number of fused-ring (bicyclic) bond motifs is 1. The molecule has 3 atom stereocenters. The molecule has 0 bridgehead atoms. The summed E-state index contributed by atoms with van der Waals surface area (Å²) in [4.78, 5) is 11.9. The lowest BCUT2D eigenvalue weighted by molar-refractivity contribution is -0.111. The quantitative estimate of drug-likeness (QED) is 0.672. The minimum absolute atomic E-state index is 0.0243. The summed E-state index contributed by atoms with van der Waals surface area (Å²) in [5.74, 6) is -0.0243. The van der Waals surface area contributed by atoms with Gasteiger partial charge in [0.2, 0.25) is 0 Å². The summed E-state index contributed by atoms with van der Waals surface area (Å²) in [5.41, 5.74) is 0.291. The fraction of sp³-hybridized carbons (Fsp3) is 0.667. The second-order valence-electron chi connectivity index (χ2n) is 6.43. The Labute approximate surface area is 109 Å². The van der Waals surface area contributed by atoms with Gasteiger partial charge in [0, 0.05) is 6.42 Å². The minimum Gasteiger partial charge on any atom is -0.389 e. The van der Waals surface area contributed by atoms with Gasteiger partial charge in [0.25, 0.3) is 0 Å². The van der Waals surface area contributed by atoms with Crippen LogP contribution in [0.25, 0.3) is 0 Å². The summed E-state index contributed by atoms with van der Waals surface area (Å²) in [6, 6.07) is 0. The Balaban J connectivity index is 2.27. The fourth-order valence-electron chi connectivity index (χ4n) is 2.55. The number of ether oxygens (including phenoxy) is 1. The van der Waals surface area contributed by atoms with Crippen LogP contribution in [0.15, 0.2) is 23.8 Å². The molecule has 2 rings (SSSR count). The lowest BCUT2D eigenvalue weighted by Gasteiger charge is -2.19. The molecule has 0 saturated carbocycles. The first kappa shape index (κ1) is 13.5. The monoisotopic (exact) mass is 250 g/mol. The van der Waals surface area contributed by atoms with Crippen LogP contribution in [0.3, 0.4) is 0 Å². The number of hydrogen-bond acceptors (Lipinski definition) is 3. The third-order valence-corrected chi connectivity index (χ3v) is 3.88. The van der Waals surface area contributed by atoms with Crippen LogP contribution in [0.1, 0.15) is 40.5 Å². The number of carbonyl (C=O) groups is 1. The Morgan fingerprint density at radius 3 is 2.67 bits per heavy atom. The van der Waals surface area contributed by atoms with E-state index in [-0.39, 0.29) is 22.9 Å². The molecule has 0 aromatic carbocycles. The number of rotatable bonds is 0. The molecule has 3 nitrogen and oxygen atoms in total. The van der Waals surface area contributed by atoms with Crippen molar-refractivity contribution in [3.05, 3.63) is 23.8 Å². The van der Waals surface area contributed by atoms with Crippen molar-refractivity contribution in [1.29, 1.82) is 0 Å². The topological polar surface area (TPSA) is 49.8 Å². The molecule has 1 heterocycles. The van der Waals surface area contributed by atoms with Crippen molar-refractivity contribution in [2.75, 3.05) is 0 Å². The van der Waals surface area contributed by atoms with E-state index in [9.17, 15) is 9.90 Å². The molecule has 1 aliphatic heterocycles. The van der Waals surface area contributed by atoms with Crippen molar-refractivity contribution in [2.45, 2.75) is 58.3 Å². The molecule has 1 N–H and O–H groups in total. The Hall–Kier alpha value is -0.930. The summed E-state index contributed by atoms with van der Waals surface area (Å²) in [6.45, 7) is 7.98. The highest BCUT2D eigenvalue weighted by Crippen LogP contribution is 2.46. The zero-order chi connectivity index (χ0) is 13.6. The number of ketones is 1. The van der Waals surface area contributed by atoms with Crippen LogP contribution in [0, 0.1) is 5.41 Å². The molecule has 0 unspecified atom stereocenters. The van der Waals surface area contributed by atoms with Crippen molar-refractivity contribution in [3.63, 3.8) is 0 Å². The molecule has 1 saturated heterocycles. The molecule has 0 radical (unpaired) electrons. The van der Waals surface area contributed by atoms with E-state index in [0.717, 1.165) is 6.42 Å². The molecule has 2 aliphatic rings. The number of allylic oxidation sites excluding steroid dienone is 3. The molecule has 100 valence electrons. The van der Waals surface area contributed by atoms with E-state index in [0.29, 0.717) is 12.0 Å². The normalized spacial score (nSPS) is 44.3. The molecule has 1 aliphatic carbocycles. The number of hydrogen-bond donors (Lipinski definition) is 1. The van der Waals surface area contributed by atoms with Gasteiger partial charge < -0.3 is 9.84 Å². The number of aliphatic hydroxyl groups excluding tert-OH is 1. The van der Waals surface area contributed by atoms with E-state index < -0.39 is 6.10 Å². The Morgan fingerprint density at radius 1 is 1.33 bits per heavy atom. The zero-order valence-corrected chi connectivity index (χ0v) is 11.6. The molecule has 0 amide bonds. The molecule has 3 heteroatoms. The van der Waals surface area contributed by atoms with Gasteiger partial charge in [-0.25, -0.2) is 0 Å². The molecule has 0 aromatic rings. The van der Waals surface area contributed by atoms with Crippen molar-refractivity contribution in [3.8, 4) is 0 Å². The van der Waals surface area contributed by atoms with E-state index in [4.69, 9.17) is 4.74 Å². The Kier molecular flexibility index (Phi) is 3.24. The average molecular weight is 250 g/mol. The van der Waals surface area contributed by atoms with Crippen LogP contribution in [-0.2, 0) is 9.53 Å². The van der Waals surface area contributed by atoms with Crippen molar-refractivity contribution in [1.82, 2.24) is 0 Å². The zero-order valence-electron chi connectivity index (χ0n) is 11.6. The van der Waals surface area contributed by atoms with Crippen LogP contribution >= 0.6 is 0 Å². The van der Waals surface area contributed by atoms with E-state index in [2.05, 4.69) is 13.8 Å². The van der Waals surface area contributed by atoms with Gasteiger partial charge in [0.15, 0.2) is 5.78 Å². The van der Waals surface area contributed by atoms with E-state index in [1.54, 1.807) is 19.1 Å². The first-order chi connectivity index (χ1) is 8.22. The predicted octanol–water partition coefficient (Wildman–Crippen LogP) is 2.40.